The fraction of sp³-hybridized carbons (Fsp3) is 0.400. The lowest BCUT2D eigenvalue weighted by Gasteiger charge is -2.14. The summed E-state index contributed by atoms with van der Waals surface area (Å²) in [6.07, 6.45) is 2.88. The van der Waals surface area contributed by atoms with Gasteiger partial charge in [-0.15, -0.1) is 0 Å². The molecular formula is C15H19N5O3. The van der Waals surface area contributed by atoms with Crippen molar-refractivity contribution in [2.45, 2.75) is 33.2 Å². The molecule has 1 amide bonds. The highest BCUT2D eigenvalue weighted by molar-refractivity contribution is 5.92. The molecular weight excluding hydrogens is 298 g/mol. The van der Waals surface area contributed by atoms with Crippen LogP contribution in [0.4, 0.5) is 0 Å². The molecule has 0 aliphatic carbocycles. The van der Waals surface area contributed by atoms with E-state index in [0.717, 1.165) is 29.3 Å². The predicted octanol–water partition coefficient (Wildman–Crippen LogP) is 0.886. The number of aromatic carboxylic acids is 1. The number of hydrogen-bond acceptors (Lipinski definition) is 5. The second-order valence-corrected chi connectivity index (χ2v) is 5.44. The number of aromatic nitrogens is 4. The molecule has 2 rings (SSSR count). The molecule has 1 unspecified atom stereocenters. The number of nitrogens with one attached hydrogen (secondary N) is 1. The minimum atomic E-state index is -1.18. The Morgan fingerprint density at radius 1 is 1.26 bits per heavy atom. The van der Waals surface area contributed by atoms with E-state index in [1.165, 1.54) is 0 Å². The third kappa shape index (κ3) is 3.71. The van der Waals surface area contributed by atoms with Crippen LogP contribution in [0.25, 0.3) is 0 Å². The molecule has 0 aliphatic heterocycles. The van der Waals surface area contributed by atoms with Gasteiger partial charge in [-0.3, -0.25) is 9.48 Å². The smallest absolute Gasteiger partial charge is 0.356 e. The molecule has 0 spiro atoms. The van der Waals surface area contributed by atoms with E-state index in [2.05, 4.69) is 20.4 Å². The van der Waals surface area contributed by atoms with Gasteiger partial charge in [-0.2, -0.15) is 5.10 Å². The van der Waals surface area contributed by atoms with Crippen molar-refractivity contribution in [2.24, 2.45) is 7.05 Å². The Morgan fingerprint density at radius 2 is 1.87 bits per heavy atom. The summed E-state index contributed by atoms with van der Waals surface area (Å²) < 4.78 is 1.81. The highest BCUT2D eigenvalue weighted by Crippen LogP contribution is 2.14. The summed E-state index contributed by atoms with van der Waals surface area (Å²) >= 11 is 0. The van der Waals surface area contributed by atoms with Crippen molar-refractivity contribution in [3.63, 3.8) is 0 Å². The van der Waals surface area contributed by atoms with E-state index in [9.17, 15) is 9.59 Å². The Kier molecular flexibility index (Phi) is 4.73. The SMILES string of the molecule is Cc1nn(C)c(C)c1CC(C)NC(=O)c1cnc(C(=O)O)cn1. The first-order chi connectivity index (χ1) is 10.8. The van der Waals surface area contributed by atoms with Gasteiger partial charge in [0.25, 0.3) is 5.91 Å². The van der Waals surface area contributed by atoms with Crippen LogP contribution in [0.1, 0.15) is 44.9 Å². The van der Waals surface area contributed by atoms with Crippen LogP contribution in [0, 0.1) is 13.8 Å². The number of carboxylic acid groups (broad SMARTS) is 1. The molecule has 1 atom stereocenters. The van der Waals surface area contributed by atoms with Crippen LogP contribution in [-0.2, 0) is 13.5 Å². The van der Waals surface area contributed by atoms with E-state index in [-0.39, 0.29) is 23.3 Å². The molecule has 0 aliphatic rings. The maximum Gasteiger partial charge on any atom is 0.356 e. The number of amides is 1. The van der Waals surface area contributed by atoms with E-state index in [0.29, 0.717) is 6.42 Å². The van der Waals surface area contributed by atoms with Crippen LogP contribution in [0.3, 0.4) is 0 Å². The quantitative estimate of drug-likeness (QED) is 0.847. The summed E-state index contributed by atoms with van der Waals surface area (Å²) in [6, 6.07) is -0.120. The second kappa shape index (κ2) is 6.55. The van der Waals surface area contributed by atoms with Gasteiger partial charge in [0, 0.05) is 18.8 Å². The van der Waals surface area contributed by atoms with Crippen LogP contribution in [0.5, 0.6) is 0 Å². The van der Waals surface area contributed by atoms with Gasteiger partial charge in [-0.05, 0) is 32.8 Å². The lowest BCUT2D eigenvalue weighted by Crippen LogP contribution is -2.35. The molecule has 0 saturated carbocycles. The minimum absolute atomic E-state index is 0.0847. The molecule has 122 valence electrons. The van der Waals surface area contributed by atoms with E-state index >= 15 is 0 Å². The molecule has 0 saturated heterocycles. The number of rotatable bonds is 5. The van der Waals surface area contributed by atoms with Crippen molar-refractivity contribution >= 4 is 11.9 Å². The van der Waals surface area contributed by atoms with E-state index < -0.39 is 5.97 Å². The number of carbonyl (C=O) groups is 2. The molecule has 0 fully saturated rings. The van der Waals surface area contributed by atoms with Crippen molar-refractivity contribution in [3.05, 3.63) is 40.7 Å². The Bertz CT molecular complexity index is 736. The van der Waals surface area contributed by atoms with Gasteiger partial charge in [0.05, 0.1) is 18.1 Å². The Balaban J connectivity index is 2.03. The normalized spacial score (nSPS) is 12.0. The molecule has 2 aromatic heterocycles. The first-order valence-corrected chi connectivity index (χ1v) is 7.15. The lowest BCUT2D eigenvalue weighted by atomic mass is 10.1. The molecule has 2 aromatic rings. The highest BCUT2D eigenvalue weighted by atomic mass is 16.4. The van der Waals surface area contributed by atoms with Crippen LogP contribution in [-0.4, -0.2) is 42.8 Å². The minimum Gasteiger partial charge on any atom is -0.476 e. The van der Waals surface area contributed by atoms with Crippen molar-refractivity contribution in [3.8, 4) is 0 Å². The molecule has 0 aromatic carbocycles. The summed E-state index contributed by atoms with van der Waals surface area (Å²) in [5.41, 5.74) is 3.00. The zero-order chi connectivity index (χ0) is 17.1. The fourth-order valence-electron chi connectivity index (χ4n) is 2.32. The van der Waals surface area contributed by atoms with E-state index in [1.54, 1.807) is 0 Å². The van der Waals surface area contributed by atoms with Crippen LogP contribution >= 0.6 is 0 Å². The van der Waals surface area contributed by atoms with E-state index in [1.807, 2.05) is 32.5 Å². The Morgan fingerprint density at radius 3 is 2.35 bits per heavy atom. The monoisotopic (exact) mass is 317 g/mol. The average Bonchev–Trinajstić information content (AvgIpc) is 2.73. The van der Waals surface area contributed by atoms with Crippen molar-refractivity contribution < 1.29 is 14.7 Å². The summed E-state index contributed by atoms with van der Waals surface area (Å²) in [6.45, 7) is 5.82. The van der Waals surface area contributed by atoms with Crippen LogP contribution in [0.15, 0.2) is 12.4 Å². The second-order valence-electron chi connectivity index (χ2n) is 5.44. The largest absolute Gasteiger partial charge is 0.476 e. The summed E-state index contributed by atoms with van der Waals surface area (Å²) in [4.78, 5) is 30.4. The maximum absolute atomic E-state index is 12.1. The molecule has 8 heteroatoms. The van der Waals surface area contributed by atoms with Gasteiger partial charge in [0.2, 0.25) is 0 Å². The lowest BCUT2D eigenvalue weighted by molar-refractivity contribution is 0.0689. The fourth-order valence-corrected chi connectivity index (χ4v) is 2.32. The predicted molar refractivity (Wildman–Crippen MR) is 82.3 cm³/mol. The molecule has 2 N–H and O–H groups in total. The van der Waals surface area contributed by atoms with Crippen molar-refractivity contribution in [1.82, 2.24) is 25.1 Å². The third-order valence-corrected chi connectivity index (χ3v) is 3.65. The van der Waals surface area contributed by atoms with Gasteiger partial charge >= 0.3 is 5.97 Å². The summed E-state index contributed by atoms with van der Waals surface area (Å²) in [5.74, 6) is -1.57. The number of nitrogens with zero attached hydrogens (tertiary/aromatic N) is 4. The maximum atomic E-state index is 12.1. The molecule has 2 heterocycles. The number of carbonyl (C=O) groups excluding carboxylic acids is 1. The first kappa shape index (κ1) is 16.6. The average molecular weight is 317 g/mol. The molecule has 0 radical (unpaired) electrons. The third-order valence-electron chi connectivity index (χ3n) is 3.65. The summed E-state index contributed by atoms with van der Waals surface area (Å²) in [5, 5.41) is 16.0. The zero-order valence-corrected chi connectivity index (χ0v) is 13.5. The van der Waals surface area contributed by atoms with Crippen LogP contribution in [0.2, 0.25) is 0 Å². The standard InChI is InChI=1S/C15H19N5O3/c1-8(5-11-9(2)19-20(4)10(11)3)18-14(21)12-6-17-13(7-16-12)15(22)23/h6-8H,5H2,1-4H3,(H,18,21)(H,22,23). The Hall–Kier alpha value is -2.77. The van der Waals surface area contributed by atoms with Gasteiger partial charge in [-0.25, -0.2) is 14.8 Å². The number of carboxylic acids is 1. The topological polar surface area (TPSA) is 110 Å². The van der Waals surface area contributed by atoms with Crippen molar-refractivity contribution in [1.29, 1.82) is 0 Å². The van der Waals surface area contributed by atoms with Crippen LogP contribution < -0.4 is 5.32 Å². The Labute approximate surface area is 133 Å². The molecule has 8 nitrogen and oxygen atoms in total. The van der Waals surface area contributed by atoms with Gasteiger partial charge in [-0.1, -0.05) is 0 Å². The molecule has 23 heavy (non-hydrogen) atoms. The number of aryl methyl sites for hydroxylation is 2. The van der Waals surface area contributed by atoms with Gasteiger partial charge < -0.3 is 10.4 Å². The number of hydrogen-bond donors (Lipinski definition) is 2. The molecule has 0 bridgehead atoms. The van der Waals surface area contributed by atoms with Gasteiger partial charge in [0.15, 0.2) is 5.69 Å². The van der Waals surface area contributed by atoms with Crippen molar-refractivity contribution in [2.75, 3.05) is 0 Å². The van der Waals surface area contributed by atoms with Gasteiger partial charge in [0.1, 0.15) is 5.69 Å². The highest BCUT2D eigenvalue weighted by Gasteiger charge is 2.17. The zero-order valence-electron chi connectivity index (χ0n) is 13.5. The summed E-state index contributed by atoms with van der Waals surface area (Å²) in [7, 11) is 1.88. The first-order valence-electron chi connectivity index (χ1n) is 7.15. The van der Waals surface area contributed by atoms with E-state index in [4.69, 9.17) is 5.11 Å².